The molecule has 0 aliphatic carbocycles. The second-order valence-electron chi connectivity index (χ2n) is 14.0. The summed E-state index contributed by atoms with van der Waals surface area (Å²) in [6, 6.07) is 34.9. The first-order valence-corrected chi connectivity index (χ1v) is 18.2. The maximum atomic E-state index is 13.4. The molecule has 6 nitrogen and oxygen atoms in total. The maximum Gasteiger partial charge on any atom is 0.217 e. The van der Waals surface area contributed by atoms with E-state index in [0.29, 0.717) is 24.4 Å². The number of rotatable bonds is 13. The lowest BCUT2D eigenvalue weighted by Crippen LogP contribution is -2.48. The highest BCUT2D eigenvalue weighted by molar-refractivity contribution is 9.10. The number of benzene rings is 4. The summed E-state index contributed by atoms with van der Waals surface area (Å²) < 4.78 is 6.99. The lowest BCUT2D eigenvalue weighted by molar-refractivity contribution is 0.00625. The van der Waals surface area contributed by atoms with Crippen LogP contribution in [-0.4, -0.2) is 90.8 Å². The molecule has 50 heavy (non-hydrogen) atoms. The molecule has 1 aromatic heterocycles. The molecule has 4 unspecified atom stereocenters. The molecule has 2 bridgehead atoms. The predicted molar refractivity (Wildman–Crippen MR) is 221 cm³/mol. The Balaban J connectivity index is 0.00000243. The van der Waals surface area contributed by atoms with Crippen molar-refractivity contribution in [2.45, 2.75) is 49.3 Å². The average Bonchev–Trinajstić information content (AvgIpc) is 3.70. The number of likely N-dealkylation sites (N-methyl/N-ethyl adjacent to an activating group) is 1. The number of fused-ring (bicyclic) bond motifs is 4. The number of likely N-dealkylation sites (tertiary alicyclic amines) is 2. The third-order valence-corrected chi connectivity index (χ3v) is 11.2. The number of pyridine rings is 1. The van der Waals surface area contributed by atoms with Crippen molar-refractivity contribution in [1.29, 1.82) is 0 Å². The van der Waals surface area contributed by atoms with E-state index in [2.05, 4.69) is 124 Å². The summed E-state index contributed by atoms with van der Waals surface area (Å²) in [6.45, 7) is 5.69. The van der Waals surface area contributed by atoms with Gasteiger partial charge in [0.1, 0.15) is 5.60 Å². The standard InChI is InChI=1S/C41H47BrN4O2.2H2S/c1-44(2)21-22-46-28-35-26-36(46)27-45(35)20-10-9-19-41(47,33-16-15-29-11-7-8-14-31(29)23-33)39(30-12-5-4-6-13-30)37-25-32-24-34(42)17-18-38(32)43-40(37)48-3;;/h4-8,11-18,23-25,35-36,39,47H,9-10,19-22,26-28H2,1-3H3;2*1H2. The first kappa shape index (κ1) is 38.6. The van der Waals surface area contributed by atoms with Crippen molar-refractivity contribution in [3.63, 3.8) is 0 Å². The van der Waals surface area contributed by atoms with Crippen molar-refractivity contribution in [2.24, 2.45) is 0 Å². The van der Waals surface area contributed by atoms with Crippen LogP contribution in [0.3, 0.4) is 0 Å². The van der Waals surface area contributed by atoms with Crippen molar-refractivity contribution in [3.8, 4) is 5.88 Å². The zero-order valence-corrected chi connectivity index (χ0v) is 32.9. The fourth-order valence-electron chi connectivity index (χ4n) is 8.21. The van der Waals surface area contributed by atoms with Gasteiger partial charge in [-0.25, -0.2) is 4.98 Å². The molecule has 3 heterocycles. The van der Waals surface area contributed by atoms with Gasteiger partial charge in [-0.1, -0.05) is 82.7 Å². The Labute approximate surface area is 319 Å². The van der Waals surface area contributed by atoms with Gasteiger partial charge in [-0.2, -0.15) is 27.0 Å². The Hall–Kier alpha value is -2.63. The summed E-state index contributed by atoms with van der Waals surface area (Å²) >= 11 is 3.66. The highest BCUT2D eigenvalue weighted by Crippen LogP contribution is 2.48. The average molecular weight is 776 g/mol. The van der Waals surface area contributed by atoms with Crippen molar-refractivity contribution >= 4 is 64.6 Å². The van der Waals surface area contributed by atoms with Crippen molar-refractivity contribution < 1.29 is 9.84 Å². The molecule has 5 aromatic rings. The number of hydrogen-bond acceptors (Lipinski definition) is 6. The van der Waals surface area contributed by atoms with Crippen molar-refractivity contribution in [1.82, 2.24) is 19.7 Å². The fraction of sp³-hybridized carbons (Fsp3) is 0.390. The normalized spacial score (nSPS) is 19.3. The number of ether oxygens (including phenoxy) is 1. The van der Waals surface area contributed by atoms with E-state index in [4.69, 9.17) is 9.72 Å². The Morgan fingerprint density at radius 2 is 1.54 bits per heavy atom. The second kappa shape index (κ2) is 16.8. The minimum atomic E-state index is -1.22. The molecule has 266 valence electrons. The maximum absolute atomic E-state index is 13.4. The number of halogens is 1. The number of unbranched alkanes of at least 4 members (excludes halogenated alkanes) is 1. The second-order valence-corrected chi connectivity index (χ2v) is 15.0. The van der Waals surface area contributed by atoms with Crippen LogP contribution in [0.15, 0.2) is 102 Å². The van der Waals surface area contributed by atoms with Crippen LogP contribution in [0, 0.1) is 0 Å². The molecule has 1 N–H and O–H groups in total. The van der Waals surface area contributed by atoms with Crippen LogP contribution in [0.25, 0.3) is 21.7 Å². The number of aromatic nitrogens is 1. The van der Waals surface area contributed by atoms with Crippen LogP contribution in [0.4, 0.5) is 0 Å². The molecule has 2 saturated heterocycles. The summed E-state index contributed by atoms with van der Waals surface area (Å²) in [5, 5.41) is 16.7. The Kier molecular flexibility index (Phi) is 13.0. The van der Waals surface area contributed by atoms with E-state index in [1.54, 1.807) is 7.11 Å². The van der Waals surface area contributed by atoms with Gasteiger partial charge >= 0.3 is 0 Å². The number of nitrogens with zero attached hydrogens (tertiary/aromatic N) is 4. The zero-order valence-electron chi connectivity index (χ0n) is 29.4. The van der Waals surface area contributed by atoms with E-state index >= 15 is 0 Å². The van der Waals surface area contributed by atoms with Crippen molar-refractivity contribution in [3.05, 3.63) is 118 Å². The van der Waals surface area contributed by atoms with E-state index in [-0.39, 0.29) is 27.0 Å². The molecule has 9 heteroatoms. The Morgan fingerprint density at radius 3 is 2.24 bits per heavy atom. The number of methoxy groups -OCH3 is 1. The van der Waals surface area contributed by atoms with Crippen LogP contribution in [-0.2, 0) is 5.60 Å². The third kappa shape index (κ3) is 8.04. The van der Waals surface area contributed by atoms with Crippen molar-refractivity contribution in [2.75, 3.05) is 53.9 Å². The molecule has 7 rings (SSSR count). The molecule has 4 atom stereocenters. The van der Waals surface area contributed by atoms with Crippen LogP contribution in [0.5, 0.6) is 5.88 Å². The molecule has 4 aromatic carbocycles. The van der Waals surface area contributed by atoms with Crippen LogP contribution < -0.4 is 4.74 Å². The first-order valence-electron chi connectivity index (χ1n) is 17.4. The van der Waals surface area contributed by atoms with E-state index in [9.17, 15) is 5.11 Å². The van der Waals surface area contributed by atoms with Crippen LogP contribution in [0.2, 0.25) is 0 Å². The van der Waals surface area contributed by atoms with E-state index in [0.717, 1.165) is 76.5 Å². The van der Waals surface area contributed by atoms with Gasteiger partial charge in [0.2, 0.25) is 5.88 Å². The number of hydrogen-bond donors (Lipinski definition) is 1. The lowest BCUT2D eigenvalue weighted by Gasteiger charge is -2.39. The monoisotopic (exact) mass is 774 g/mol. The highest BCUT2D eigenvalue weighted by Gasteiger charge is 2.44. The third-order valence-electron chi connectivity index (χ3n) is 10.7. The topological polar surface area (TPSA) is 52.1 Å². The van der Waals surface area contributed by atoms with E-state index in [1.165, 1.54) is 18.4 Å². The summed E-state index contributed by atoms with van der Waals surface area (Å²) in [5.74, 6) is 0.142. The molecular formula is C41H51BrN4O2S2. The van der Waals surface area contributed by atoms with E-state index in [1.807, 2.05) is 18.2 Å². The molecule has 0 radical (unpaired) electrons. The summed E-state index contributed by atoms with van der Waals surface area (Å²) in [6.07, 6.45) is 3.84. The highest BCUT2D eigenvalue weighted by atomic mass is 79.9. The molecule has 0 amide bonds. The minimum absolute atomic E-state index is 0. The van der Waals surface area contributed by atoms with Crippen LogP contribution in [0.1, 0.15) is 48.3 Å². The SMILES string of the molecule is COc1nc2ccc(Br)cc2cc1C(c1ccccc1)C(O)(CCCCN1CC2CC1CN2CCN(C)C)c1ccc2ccccc2c1.S.S. The van der Waals surface area contributed by atoms with Gasteiger partial charge in [0, 0.05) is 59.6 Å². The summed E-state index contributed by atoms with van der Waals surface area (Å²) in [7, 11) is 6.00. The summed E-state index contributed by atoms with van der Waals surface area (Å²) in [4.78, 5) is 12.6. The van der Waals surface area contributed by atoms with Gasteiger partial charge in [-0.15, -0.1) is 0 Å². The van der Waals surface area contributed by atoms with Gasteiger partial charge in [-0.05, 0) is 98.6 Å². The molecule has 0 saturated carbocycles. The van der Waals surface area contributed by atoms with Gasteiger partial charge in [0.05, 0.1) is 12.6 Å². The Bertz CT molecular complexity index is 1880. The fourth-order valence-corrected chi connectivity index (χ4v) is 8.58. The molecule has 2 aliphatic rings. The van der Waals surface area contributed by atoms with Gasteiger partial charge in [-0.3, -0.25) is 9.80 Å². The van der Waals surface area contributed by atoms with Gasteiger partial charge < -0.3 is 14.7 Å². The first-order chi connectivity index (χ1) is 23.3. The zero-order chi connectivity index (χ0) is 33.3. The van der Waals surface area contributed by atoms with Crippen LogP contribution >= 0.6 is 42.9 Å². The Morgan fingerprint density at radius 1 is 0.840 bits per heavy atom. The smallest absolute Gasteiger partial charge is 0.217 e. The molecular weight excluding hydrogens is 725 g/mol. The van der Waals surface area contributed by atoms with E-state index < -0.39 is 11.5 Å². The largest absolute Gasteiger partial charge is 0.481 e. The minimum Gasteiger partial charge on any atom is -0.481 e. The van der Waals surface area contributed by atoms with Gasteiger partial charge in [0.25, 0.3) is 0 Å². The molecule has 2 fully saturated rings. The number of piperazine rings is 1. The summed E-state index contributed by atoms with van der Waals surface area (Å²) in [5.41, 5.74) is 2.49. The lowest BCUT2D eigenvalue weighted by atomic mass is 9.71. The predicted octanol–water partition coefficient (Wildman–Crippen LogP) is 7.89. The number of aliphatic hydroxyl groups is 1. The quantitative estimate of drug-likeness (QED) is 0.123. The molecule has 0 spiro atoms. The molecule has 2 aliphatic heterocycles. The van der Waals surface area contributed by atoms with Gasteiger partial charge in [0.15, 0.2) is 0 Å².